The summed E-state index contributed by atoms with van der Waals surface area (Å²) < 4.78 is 24.7. The smallest absolute Gasteiger partial charge is 0.227 e. The van der Waals surface area contributed by atoms with Gasteiger partial charge in [-0.2, -0.15) is 0 Å². The molecule has 0 unspecified atom stereocenters. The second-order valence-electron chi connectivity index (χ2n) is 7.25. The number of aromatic nitrogens is 2. The summed E-state index contributed by atoms with van der Waals surface area (Å²) in [6.07, 6.45) is 4.02. The Hall–Kier alpha value is -2.36. The van der Waals surface area contributed by atoms with Gasteiger partial charge in [0.15, 0.2) is 0 Å². The summed E-state index contributed by atoms with van der Waals surface area (Å²) >= 11 is 1.53. The van der Waals surface area contributed by atoms with E-state index in [1.165, 1.54) is 21.9 Å². The summed E-state index contributed by atoms with van der Waals surface area (Å²) in [4.78, 5) is 22.7. The SMILES string of the molecule is Cc1c(NC(=O)C2CCN(S(C)(=O)=O)CC2)cccc1-c1nc2cccnc2s1. The molecule has 0 bridgehead atoms. The Morgan fingerprint density at radius 2 is 1.97 bits per heavy atom. The summed E-state index contributed by atoms with van der Waals surface area (Å²) in [5, 5.41) is 3.90. The van der Waals surface area contributed by atoms with Gasteiger partial charge in [-0.25, -0.2) is 22.7 Å². The monoisotopic (exact) mass is 430 g/mol. The highest BCUT2D eigenvalue weighted by Gasteiger charge is 2.29. The lowest BCUT2D eigenvalue weighted by Crippen LogP contribution is -2.40. The highest BCUT2D eigenvalue weighted by Crippen LogP contribution is 2.34. The van der Waals surface area contributed by atoms with Crippen LogP contribution in [0.25, 0.3) is 20.9 Å². The minimum Gasteiger partial charge on any atom is -0.326 e. The van der Waals surface area contributed by atoms with Crippen LogP contribution < -0.4 is 5.32 Å². The topological polar surface area (TPSA) is 92.3 Å². The fourth-order valence-electron chi connectivity index (χ4n) is 3.57. The zero-order chi connectivity index (χ0) is 20.6. The molecule has 3 aromatic rings. The van der Waals surface area contributed by atoms with Crippen LogP contribution in [0, 0.1) is 12.8 Å². The molecular formula is C20H22N4O3S2. The van der Waals surface area contributed by atoms with Crippen molar-refractivity contribution in [1.82, 2.24) is 14.3 Å². The lowest BCUT2D eigenvalue weighted by atomic mass is 9.96. The van der Waals surface area contributed by atoms with Gasteiger partial charge in [0, 0.05) is 36.5 Å². The van der Waals surface area contributed by atoms with Crippen molar-refractivity contribution in [1.29, 1.82) is 0 Å². The first-order chi connectivity index (χ1) is 13.8. The predicted molar refractivity (Wildman–Crippen MR) is 115 cm³/mol. The molecule has 3 heterocycles. The van der Waals surface area contributed by atoms with E-state index in [1.54, 1.807) is 6.20 Å². The van der Waals surface area contributed by atoms with Crippen molar-refractivity contribution in [2.24, 2.45) is 5.92 Å². The largest absolute Gasteiger partial charge is 0.326 e. The van der Waals surface area contributed by atoms with E-state index in [-0.39, 0.29) is 11.8 Å². The van der Waals surface area contributed by atoms with Crippen LogP contribution in [0.15, 0.2) is 36.5 Å². The molecule has 7 nitrogen and oxygen atoms in total. The van der Waals surface area contributed by atoms with Gasteiger partial charge >= 0.3 is 0 Å². The number of hydrogen-bond donors (Lipinski definition) is 1. The number of benzene rings is 1. The molecule has 9 heteroatoms. The quantitative estimate of drug-likeness (QED) is 0.686. The van der Waals surface area contributed by atoms with E-state index in [4.69, 9.17) is 0 Å². The molecule has 1 aromatic carbocycles. The van der Waals surface area contributed by atoms with Gasteiger partial charge in [-0.15, -0.1) is 0 Å². The van der Waals surface area contributed by atoms with E-state index < -0.39 is 10.0 Å². The molecular weight excluding hydrogens is 408 g/mol. The molecule has 1 amide bonds. The number of rotatable bonds is 4. The van der Waals surface area contributed by atoms with Gasteiger partial charge in [0.25, 0.3) is 0 Å². The van der Waals surface area contributed by atoms with Gasteiger partial charge in [-0.05, 0) is 43.5 Å². The van der Waals surface area contributed by atoms with Crippen LogP contribution >= 0.6 is 11.3 Å². The number of sulfonamides is 1. The Balaban J connectivity index is 1.51. The first-order valence-electron chi connectivity index (χ1n) is 9.40. The highest BCUT2D eigenvalue weighted by atomic mass is 32.2. The molecule has 1 N–H and O–H groups in total. The standard InChI is InChI=1S/C20H22N4O3S2/c1-13-15(19-23-17-7-4-10-21-20(17)28-19)5-3-6-16(13)22-18(25)14-8-11-24(12-9-14)29(2,26)27/h3-7,10,14H,8-9,11-12H2,1-2H3,(H,22,25). The van der Waals surface area contributed by atoms with Crippen molar-refractivity contribution in [3.8, 4) is 10.6 Å². The van der Waals surface area contributed by atoms with E-state index in [1.807, 2.05) is 37.3 Å². The number of nitrogens with one attached hydrogen (secondary N) is 1. The van der Waals surface area contributed by atoms with Crippen LogP contribution in [0.5, 0.6) is 0 Å². The van der Waals surface area contributed by atoms with Gasteiger partial charge in [0.2, 0.25) is 15.9 Å². The zero-order valence-corrected chi connectivity index (χ0v) is 17.9. The molecule has 0 atom stereocenters. The minimum absolute atomic E-state index is 0.0654. The molecule has 1 saturated heterocycles. The fraction of sp³-hybridized carbons (Fsp3) is 0.350. The molecule has 1 fully saturated rings. The molecule has 29 heavy (non-hydrogen) atoms. The Bertz CT molecular complexity index is 1130. The van der Waals surface area contributed by atoms with Crippen molar-refractivity contribution < 1.29 is 13.2 Å². The first-order valence-corrected chi connectivity index (χ1v) is 12.1. The normalized spacial score (nSPS) is 16.2. The van der Waals surface area contributed by atoms with Gasteiger partial charge < -0.3 is 5.32 Å². The minimum atomic E-state index is -3.20. The number of pyridine rings is 1. The third kappa shape index (κ3) is 4.17. The van der Waals surface area contributed by atoms with Gasteiger partial charge in [0.1, 0.15) is 15.4 Å². The van der Waals surface area contributed by atoms with Crippen molar-refractivity contribution in [3.05, 3.63) is 42.1 Å². The molecule has 152 valence electrons. The average Bonchev–Trinajstić information content (AvgIpc) is 3.13. The van der Waals surface area contributed by atoms with Crippen LogP contribution in [0.2, 0.25) is 0 Å². The van der Waals surface area contributed by atoms with Crippen molar-refractivity contribution in [2.45, 2.75) is 19.8 Å². The highest BCUT2D eigenvalue weighted by molar-refractivity contribution is 7.88. The third-order valence-corrected chi connectivity index (χ3v) is 7.60. The van der Waals surface area contributed by atoms with E-state index >= 15 is 0 Å². The lowest BCUT2D eigenvalue weighted by molar-refractivity contribution is -0.120. The van der Waals surface area contributed by atoms with Crippen molar-refractivity contribution in [3.63, 3.8) is 0 Å². The Morgan fingerprint density at radius 1 is 1.21 bits per heavy atom. The third-order valence-electron chi connectivity index (χ3n) is 5.28. The molecule has 1 aliphatic heterocycles. The maximum atomic E-state index is 12.8. The number of nitrogens with zero attached hydrogens (tertiary/aromatic N) is 3. The van der Waals surface area contributed by atoms with Crippen LogP contribution in [0.3, 0.4) is 0 Å². The van der Waals surface area contributed by atoms with Crippen molar-refractivity contribution in [2.75, 3.05) is 24.7 Å². The van der Waals surface area contributed by atoms with E-state index in [0.717, 1.165) is 32.2 Å². The van der Waals surface area contributed by atoms with Gasteiger partial charge in [-0.3, -0.25) is 4.79 Å². The number of thiazole rings is 1. The number of anilines is 1. The maximum absolute atomic E-state index is 12.8. The number of fused-ring (bicyclic) bond motifs is 1. The van der Waals surface area contributed by atoms with Crippen molar-refractivity contribution >= 4 is 43.3 Å². The summed E-state index contributed by atoms with van der Waals surface area (Å²) in [5.74, 6) is -0.257. The van der Waals surface area contributed by atoms with Crippen LogP contribution in [0.4, 0.5) is 5.69 Å². The van der Waals surface area contributed by atoms with E-state index in [0.29, 0.717) is 25.9 Å². The van der Waals surface area contributed by atoms with Crippen LogP contribution in [-0.4, -0.2) is 47.9 Å². The summed E-state index contributed by atoms with van der Waals surface area (Å²) in [7, 11) is -3.20. The molecule has 1 aliphatic rings. The van der Waals surface area contributed by atoms with Crippen LogP contribution in [-0.2, 0) is 14.8 Å². The summed E-state index contributed by atoms with van der Waals surface area (Å²) in [6, 6.07) is 9.58. The number of amides is 1. The number of carbonyl (C=O) groups is 1. The predicted octanol–water partition coefficient (Wildman–Crippen LogP) is 3.28. The molecule has 2 aromatic heterocycles. The second kappa shape index (κ2) is 7.81. The van der Waals surface area contributed by atoms with E-state index in [2.05, 4.69) is 15.3 Å². The molecule has 0 radical (unpaired) electrons. The number of carbonyl (C=O) groups excluding carboxylic acids is 1. The molecule has 0 spiro atoms. The Kier molecular flexibility index (Phi) is 5.37. The summed E-state index contributed by atoms with van der Waals surface area (Å²) in [6.45, 7) is 2.74. The first kappa shape index (κ1) is 19.9. The molecule has 0 aliphatic carbocycles. The zero-order valence-electron chi connectivity index (χ0n) is 16.3. The van der Waals surface area contributed by atoms with E-state index in [9.17, 15) is 13.2 Å². The fourth-order valence-corrected chi connectivity index (χ4v) is 5.44. The second-order valence-corrected chi connectivity index (χ2v) is 10.2. The molecule has 0 saturated carbocycles. The molecule has 4 rings (SSSR count). The summed E-state index contributed by atoms with van der Waals surface area (Å²) in [5.41, 5.74) is 3.54. The number of piperidine rings is 1. The average molecular weight is 431 g/mol. The van der Waals surface area contributed by atoms with Gasteiger partial charge in [0.05, 0.1) is 6.26 Å². The Morgan fingerprint density at radius 3 is 2.66 bits per heavy atom. The maximum Gasteiger partial charge on any atom is 0.227 e. The Labute approximate surface area is 173 Å². The number of hydrogen-bond acceptors (Lipinski definition) is 6. The lowest BCUT2D eigenvalue weighted by Gasteiger charge is -2.29. The van der Waals surface area contributed by atoms with Crippen LogP contribution in [0.1, 0.15) is 18.4 Å². The van der Waals surface area contributed by atoms with Gasteiger partial charge in [-0.1, -0.05) is 23.5 Å².